The zero-order valence-corrected chi connectivity index (χ0v) is 16.6. The van der Waals surface area contributed by atoms with E-state index in [2.05, 4.69) is 16.0 Å². The van der Waals surface area contributed by atoms with E-state index < -0.39 is 30.1 Å². The second-order valence-corrected chi connectivity index (χ2v) is 6.33. The van der Waals surface area contributed by atoms with Gasteiger partial charge in [0.1, 0.15) is 11.8 Å². The molecule has 2 aromatic carbocycles. The van der Waals surface area contributed by atoms with Crippen molar-refractivity contribution in [3.05, 3.63) is 60.2 Å². The van der Waals surface area contributed by atoms with E-state index in [1.807, 2.05) is 18.2 Å². The highest BCUT2D eigenvalue weighted by molar-refractivity contribution is 5.93. The Bertz CT molecular complexity index is 824. The van der Waals surface area contributed by atoms with Gasteiger partial charge in [-0.05, 0) is 43.7 Å². The molecule has 0 bridgehead atoms. The number of esters is 1. The van der Waals surface area contributed by atoms with Crippen LogP contribution < -0.4 is 20.7 Å². The van der Waals surface area contributed by atoms with E-state index in [1.165, 1.54) is 13.8 Å². The fourth-order valence-corrected chi connectivity index (χ4v) is 2.35. The predicted molar refractivity (Wildman–Crippen MR) is 108 cm³/mol. The first kappa shape index (κ1) is 21.7. The van der Waals surface area contributed by atoms with Crippen molar-refractivity contribution >= 4 is 23.6 Å². The summed E-state index contributed by atoms with van der Waals surface area (Å²) in [5.74, 6) is -0.421. The maximum atomic E-state index is 12.1. The summed E-state index contributed by atoms with van der Waals surface area (Å²) in [5, 5.41) is 7.77. The third kappa shape index (κ3) is 7.17. The monoisotopic (exact) mass is 399 g/mol. The average molecular weight is 399 g/mol. The number of anilines is 1. The number of hydrogen-bond donors (Lipinski definition) is 3. The van der Waals surface area contributed by atoms with Gasteiger partial charge in [-0.15, -0.1) is 0 Å². The lowest BCUT2D eigenvalue weighted by Crippen LogP contribution is -2.44. The molecule has 0 saturated heterocycles. The summed E-state index contributed by atoms with van der Waals surface area (Å²) < 4.78 is 10.2. The van der Waals surface area contributed by atoms with Gasteiger partial charge in [-0.25, -0.2) is 9.59 Å². The molecular formula is C21H25N3O5. The minimum absolute atomic E-state index is 0.290. The van der Waals surface area contributed by atoms with Crippen LogP contribution in [-0.4, -0.2) is 37.2 Å². The summed E-state index contributed by atoms with van der Waals surface area (Å²) in [6, 6.07) is 14.6. The lowest BCUT2D eigenvalue weighted by molar-refractivity contribution is -0.156. The Hall–Kier alpha value is -3.55. The largest absolute Gasteiger partial charge is 0.497 e. The Balaban J connectivity index is 1.75. The van der Waals surface area contributed by atoms with Crippen molar-refractivity contribution in [1.82, 2.24) is 10.6 Å². The molecule has 8 heteroatoms. The van der Waals surface area contributed by atoms with Crippen molar-refractivity contribution in [3.8, 4) is 5.75 Å². The van der Waals surface area contributed by atoms with Crippen LogP contribution in [0.15, 0.2) is 54.6 Å². The first-order valence-corrected chi connectivity index (χ1v) is 9.12. The fourth-order valence-electron chi connectivity index (χ4n) is 2.35. The number of amides is 3. The summed E-state index contributed by atoms with van der Waals surface area (Å²) in [6.07, 6.45) is -0.998. The summed E-state index contributed by atoms with van der Waals surface area (Å²) >= 11 is 0. The van der Waals surface area contributed by atoms with Crippen molar-refractivity contribution < 1.29 is 23.9 Å². The fraction of sp³-hybridized carbons (Fsp3) is 0.286. The van der Waals surface area contributed by atoms with E-state index in [4.69, 9.17) is 9.47 Å². The molecule has 0 spiro atoms. The highest BCUT2D eigenvalue weighted by Gasteiger charge is 2.23. The molecule has 3 amide bonds. The topological polar surface area (TPSA) is 106 Å². The summed E-state index contributed by atoms with van der Waals surface area (Å²) in [5.41, 5.74) is 1.47. The molecule has 154 valence electrons. The lowest BCUT2D eigenvalue weighted by atomic mass is 10.2. The van der Waals surface area contributed by atoms with E-state index in [0.29, 0.717) is 5.69 Å². The van der Waals surface area contributed by atoms with Crippen LogP contribution in [0.4, 0.5) is 10.5 Å². The predicted octanol–water partition coefficient (Wildman–Crippen LogP) is 2.45. The van der Waals surface area contributed by atoms with E-state index >= 15 is 0 Å². The number of rotatable bonds is 8. The molecule has 2 rings (SSSR count). The van der Waals surface area contributed by atoms with Crippen LogP contribution in [0.5, 0.6) is 5.75 Å². The zero-order valence-electron chi connectivity index (χ0n) is 16.6. The van der Waals surface area contributed by atoms with Gasteiger partial charge in [0.05, 0.1) is 7.11 Å². The summed E-state index contributed by atoms with van der Waals surface area (Å²) in [6.45, 7) is 3.24. The Morgan fingerprint density at radius 2 is 1.62 bits per heavy atom. The van der Waals surface area contributed by atoms with E-state index in [0.717, 1.165) is 11.3 Å². The lowest BCUT2D eigenvalue weighted by Gasteiger charge is -2.18. The van der Waals surface area contributed by atoms with Gasteiger partial charge < -0.3 is 25.4 Å². The van der Waals surface area contributed by atoms with Gasteiger partial charge in [-0.2, -0.15) is 0 Å². The quantitative estimate of drug-likeness (QED) is 0.591. The average Bonchev–Trinajstić information content (AvgIpc) is 2.72. The van der Waals surface area contributed by atoms with Crippen molar-refractivity contribution in [2.24, 2.45) is 0 Å². The molecular weight excluding hydrogens is 374 g/mol. The molecule has 2 aromatic rings. The van der Waals surface area contributed by atoms with Gasteiger partial charge >= 0.3 is 12.0 Å². The molecule has 0 aromatic heterocycles. The molecule has 0 radical (unpaired) electrons. The first-order valence-electron chi connectivity index (χ1n) is 9.12. The number of para-hydroxylation sites is 1. The molecule has 0 aliphatic rings. The van der Waals surface area contributed by atoms with Crippen molar-refractivity contribution in [3.63, 3.8) is 0 Å². The molecule has 29 heavy (non-hydrogen) atoms. The molecule has 0 aliphatic heterocycles. The van der Waals surface area contributed by atoms with E-state index in [-0.39, 0.29) is 6.54 Å². The Morgan fingerprint density at radius 3 is 2.24 bits per heavy atom. The second kappa shape index (κ2) is 10.7. The van der Waals surface area contributed by atoms with Gasteiger partial charge in [0, 0.05) is 12.2 Å². The van der Waals surface area contributed by atoms with Crippen molar-refractivity contribution in [1.29, 1.82) is 0 Å². The maximum Gasteiger partial charge on any atom is 0.329 e. The molecule has 0 unspecified atom stereocenters. The van der Waals surface area contributed by atoms with Crippen LogP contribution in [0.3, 0.4) is 0 Å². The van der Waals surface area contributed by atoms with Gasteiger partial charge in [-0.3, -0.25) is 4.79 Å². The molecule has 0 saturated carbocycles. The number of hydrogen-bond acceptors (Lipinski definition) is 5. The minimum atomic E-state index is -0.998. The number of ether oxygens (including phenoxy) is 2. The Labute approximate surface area is 169 Å². The van der Waals surface area contributed by atoms with E-state index in [1.54, 1.807) is 43.5 Å². The van der Waals surface area contributed by atoms with Crippen LogP contribution in [0.25, 0.3) is 0 Å². The molecule has 0 aliphatic carbocycles. The second-order valence-electron chi connectivity index (χ2n) is 6.33. The van der Waals surface area contributed by atoms with Crippen molar-refractivity contribution in [2.75, 3.05) is 12.4 Å². The summed E-state index contributed by atoms with van der Waals surface area (Å²) in [7, 11) is 1.58. The number of benzene rings is 2. The number of carbonyl (C=O) groups is 3. The van der Waals surface area contributed by atoms with Gasteiger partial charge in [0.2, 0.25) is 0 Å². The Morgan fingerprint density at radius 1 is 0.966 bits per heavy atom. The van der Waals surface area contributed by atoms with E-state index in [9.17, 15) is 14.4 Å². The molecule has 8 nitrogen and oxygen atoms in total. The maximum absolute atomic E-state index is 12.1. The SMILES string of the molecule is COc1ccc(CNC(=O)[C@H](C)OC(=O)[C@H](C)NC(=O)Nc2ccccc2)cc1. The number of methoxy groups -OCH3 is 1. The Kier molecular flexibility index (Phi) is 8.02. The smallest absolute Gasteiger partial charge is 0.329 e. The minimum Gasteiger partial charge on any atom is -0.497 e. The number of urea groups is 1. The number of carbonyl (C=O) groups excluding carboxylic acids is 3. The van der Waals surface area contributed by atoms with Crippen LogP contribution in [0.2, 0.25) is 0 Å². The molecule has 0 heterocycles. The van der Waals surface area contributed by atoms with Gasteiger partial charge in [0.25, 0.3) is 5.91 Å². The normalized spacial score (nSPS) is 12.2. The third-order valence-corrected chi connectivity index (χ3v) is 4.02. The summed E-state index contributed by atoms with van der Waals surface area (Å²) in [4.78, 5) is 36.2. The van der Waals surface area contributed by atoms with Crippen LogP contribution in [0.1, 0.15) is 19.4 Å². The highest BCUT2D eigenvalue weighted by atomic mass is 16.5. The highest BCUT2D eigenvalue weighted by Crippen LogP contribution is 2.11. The van der Waals surface area contributed by atoms with Crippen LogP contribution >= 0.6 is 0 Å². The standard InChI is InChI=1S/C21H25N3O5/c1-14(23-21(27)24-17-7-5-4-6-8-17)20(26)29-15(2)19(25)22-13-16-9-11-18(28-3)12-10-16/h4-12,14-15H,13H2,1-3H3,(H,22,25)(H2,23,24,27)/t14-,15-/m0/s1. The van der Waals surface area contributed by atoms with Gasteiger partial charge in [0.15, 0.2) is 6.10 Å². The van der Waals surface area contributed by atoms with Crippen LogP contribution in [0, 0.1) is 0 Å². The molecule has 3 N–H and O–H groups in total. The first-order chi connectivity index (χ1) is 13.9. The van der Waals surface area contributed by atoms with Crippen molar-refractivity contribution in [2.45, 2.75) is 32.5 Å². The molecule has 2 atom stereocenters. The van der Waals surface area contributed by atoms with Gasteiger partial charge in [-0.1, -0.05) is 30.3 Å². The number of nitrogens with one attached hydrogen (secondary N) is 3. The molecule has 0 fully saturated rings. The third-order valence-electron chi connectivity index (χ3n) is 4.02. The zero-order chi connectivity index (χ0) is 21.2. The van der Waals surface area contributed by atoms with Crippen LogP contribution in [-0.2, 0) is 20.9 Å².